The first-order valence-electron chi connectivity index (χ1n) is 11.2. The van der Waals surface area contributed by atoms with Gasteiger partial charge in [-0.2, -0.15) is 0 Å². The van der Waals surface area contributed by atoms with E-state index in [2.05, 4.69) is 46.7 Å². The van der Waals surface area contributed by atoms with Crippen molar-refractivity contribution in [3.63, 3.8) is 0 Å². The van der Waals surface area contributed by atoms with Crippen molar-refractivity contribution < 1.29 is 19.4 Å². The molecule has 1 atom stereocenters. The summed E-state index contributed by atoms with van der Waals surface area (Å²) in [7, 11) is 3.10. The van der Waals surface area contributed by atoms with Gasteiger partial charge in [-0.3, -0.25) is 4.90 Å². The molecule has 2 amide bonds. The Bertz CT molecular complexity index is 864. The second-order valence-electron chi connectivity index (χ2n) is 8.46. The maximum atomic E-state index is 12.2. The summed E-state index contributed by atoms with van der Waals surface area (Å²) in [6.07, 6.45) is 1.63. The molecule has 1 saturated heterocycles. The Labute approximate surface area is 190 Å². The number of piperidine rings is 1. The van der Waals surface area contributed by atoms with Gasteiger partial charge < -0.3 is 25.2 Å². The smallest absolute Gasteiger partial charge is 0.315 e. The van der Waals surface area contributed by atoms with E-state index in [-0.39, 0.29) is 12.6 Å². The molecule has 0 bridgehead atoms. The SMILES string of the molecule is COc1ccc(OC)c([C@H](O)CNC(=O)NCc2ccc(CN3CCC(C)CC3)cc2)c1. The largest absolute Gasteiger partial charge is 0.497 e. The Hall–Kier alpha value is -2.77. The molecule has 174 valence electrons. The zero-order chi connectivity index (χ0) is 22.9. The molecule has 7 heteroatoms. The third-order valence-corrected chi connectivity index (χ3v) is 6.01. The monoisotopic (exact) mass is 441 g/mol. The van der Waals surface area contributed by atoms with Crippen molar-refractivity contribution in [3.05, 3.63) is 59.2 Å². The minimum absolute atomic E-state index is 0.0583. The van der Waals surface area contributed by atoms with Crippen LogP contribution in [0.15, 0.2) is 42.5 Å². The van der Waals surface area contributed by atoms with E-state index < -0.39 is 6.10 Å². The van der Waals surface area contributed by atoms with Gasteiger partial charge in [0.1, 0.15) is 17.6 Å². The lowest BCUT2D eigenvalue weighted by Gasteiger charge is -2.30. The molecule has 1 aliphatic heterocycles. The average Bonchev–Trinajstić information content (AvgIpc) is 2.83. The van der Waals surface area contributed by atoms with Gasteiger partial charge in [0.15, 0.2) is 0 Å². The first-order chi connectivity index (χ1) is 15.5. The number of aliphatic hydroxyl groups excluding tert-OH is 1. The third kappa shape index (κ3) is 6.87. The van der Waals surface area contributed by atoms with Gasteiger partial charge in [0.25, 0.3) is 0 Å². The van der Waals surface area contributed by atoms with Crippen molar-refractivity contribution in [2.45, 2.75) is 39.0 Å². The van der Waals surface area contributed by atoms with Crippen LogP contribution in [0.1, 0.15) is 42.6 Å². The molecule has 7 nitrogen and oxygen atoms in total. The van der Waals surface area contributed by atoms with E-state index in [0.717, 1.165) is 31.1 Å². The number of aliphatic hydroxyl groups is 1. The number of amides is 2. The summed E-state index contributed by atoms with van der Waals surface area (Å²) in [5.41, 5.74) is 2.89. The van der Waals surface area contributed by atoms with Crippen LogP contribution in [0.3, 0.4) is 0 Å². The highest BCUT2D eigenvalue weighted by Gasteiger charge is 2.17. The summed E-state index contributed by atoms with van der Waals surface area (Å²) in [4.78, 5) is 14.7. The van der Waals surface area contributed by atoms with Crippen LogP contribution < -0.4 is 20.1 Å². The predicted octanol–water partition coefficient (Wildman–Crippen LogP) is 3.47. The first-order valence-corrected chi connectivity index (χ1v) is 11.2. The van der Waals surface area contributed by atoms with Crippen LogP contribution in [0, 0.1) is 5.92 Å². The number of benzene rings is 2. The Kier molecular flexibility index (Phi) is 8.76. The van der Waals surface area contributed by atoms with Crippen LogP contribution in [-0.4, -0.2) is 49.9 Å². The summed E-state index contributed by atoms with van der Waals surface area (Å²) < 4.78 is 10.5. The second-order valence-corrected chi connectivity index (χ2v) is 8.46. The lowest BCUT2D eigenvalue weighted by Crippen LogP contribution is -2.37. The van der Waals surface area contributed by atoms with Gasteiger partial charge in [-0.1, -0.05) is 31.2 Å². The first kappa shape index (κ1) is 23.9. The van der Waals surface area contributed by atoms with Crippen LogP contribution in [-0.2, 0) is 13.1 Å². The molecule has 2 aromatic carbocycles. The number of hydrogen-bond donors (Lipinski definition) is 3. The third-order valence-electron chi connectivity index (χ3n) is 6.01. The quantitative estimate of drug-likeness (QED) is 0.555. The second kappa shape index (κ2) is 11.7. The molecule has 2 aromatic rings. The molecule has 3 rings (SSSR count). The zero-order valence-corrected chi connectivity index (χ0v) is 19.3. The molecule has 1 fully saturated rings. The van der Waals surface area contributed by atoms with Crippen molar-refractivity contribution >= 4 is 6.03 Å². The topological polar surface area (TPSA) is 83.1 Å². The lowest BCUT2D eigenvalue weighted by molar-refractivity contribution is 0.169. The van der Waals surface area contributed by atoms with E-state index in [1.807, 2.05) is 0 Å². The fourth-order valence-corrected chi connectivity index (χ4v) is 3.88. The van der Waals surface area contributed by atoms with E-state index >= 15 is 0 Å². The minimum Gasteiger partial charge on any atom is -0.497 e. The van der Waals surface area contributed by atoms with E-state index in [4.69, 9.17) is 9.47 Å². The van der Waals surface area contributed by atoms with Crippen molar-refractivity contribution in [3.8, 4) is 11.5 Å². The van der Waals surface area contributed by atoms with E-state index in [9.17, 15) is 9.90 Å². The maximum Gasteiger partial charge on any atom is 0.315 e. The van der Waals surface area contributed by atoms with Gasteiger partial charge in [0.2, 0.25) is 0 Å². The molecule has 0 radical (unpaired) electrons. The summed E-state index contributed by atoms with van der Waals surface area (Å²) in [6, 6.07) is 13.2. The number of carbonyl (C=O) groups excluding carboxylic acids is 1. The van der Waals surface area contributed by atoms with E-state index in [1.165, 1.54) is 25.5 Å². The van der Waals surface area contributed by atoms with Gasteiger partial charge in [-0.15, -0.1) is 0 Å². The number of likely N-dealkylation sites (tertiary alicyclic amines) is 1. The number of urea groups is 1. The van der Waals surface area contributed by atoms with E-state index in [1.54, 1.807) is 25.3 Å². The maximum absolute atomic E-state index is 12.2. The van der Waals surface area contributed by atoms with Crippen LogP contribution >= 0.6 is 0 Å². The van der Waals surface area contributed by atoms with Gasteiger partial charge >= 0.3 is 6.03 Å². The van der Waals surface area contributed by atoms with Crippen molar-refractivity contribution in [1.29, 1.82) is 0 Å². The molecule has 0 unspecified atom stereocenters. The van der Waals surface area contributed by atoms with Crippen molar-refractivity contribution in [2.24, 2.45) is 5.92 Å². The highest BCUT2D eigenvalue weighted by Crippen LogP contribution is 2.29. The minimum atomic E-state index is -0.914. The highest BCUT2D eigenvalue weighted by atomic mass is 16.5. The predicted molar refractivity (Wildman–Crippen MR) is 125 cm³/mol. The Balaban J connectivity index is 1.43. The van der Waals surface area contributed by atoms with Crippen LogP contribution in [0.2, 0.25) is 0 Å². The Morgan fingerprint density at radius 2 is 1.75 bits per heavy atom. The molecule has 1 heterocycles. The number of methoxy groups -OCH3 is 2. The van der Waals surface area contributed by atoms with E-state index in [0.29, 0.717) is 23.6 Å². The zero-order valence-electron chi connectivity index (χ0n) is 19.3. The molecule has 0 aliphatic carbocycles. The molecular weight excluding hydrogens is 406 g/mol. The summed E-state index contributed by atoms with van der Waals surface area (Å²) in [6.45, 7) is 6.11. The fourth-order valence-electron chi connectivity index (χ4n) is 3.88. The number of carbonyl (C=O) groups is 1. The molecule has 3 N–H and O–H groups in total. The lowest BCUT2D eigenvalue weighted by atomic mass is 9.99. The number of nitrogens with one attached hydrogen (secondary N) is 2. The van der Waals surface area contributed by atoms with Gasteiger partial charge in [0.05, 0.1) is 14.2 Å². The van der Waals surface area contributed by atoms with Crippen LogP contribution in [0.25, 0.3) is 0 Å². The Morgan fingerprint density at radius 1 is 1.06 bits per heavy atom. The molecule has 0 aromatic heterocycles. The number of hydrogen-bond acceptors (Lipinski definition) is 5. The normalized spacial score (nSPS) is 15.8. The van der Waals surface area contributed by atoms with Gasteiger partial charge in [0, 0.05) is 25.2 Å². The van der Waals surface area contributed by atoms with Crippen LogP contribution in [0.5, 0.6) is 11.5 Å². The summed E-state index contributed by atoms with van der Waals surface area (Å²) in [5, 5.41) is 16.0. The van der Waals surface area contributed by atoms with Crippen molar-refractivity contribution in [1.82, 2.24) is 15.5 Å². The molecule has 1 aliphatic rings. The Morgan fingerprint density at radius 3 is 2.41 bits per heavy atom. The van der Waals surface area contributed by atoms with Crippen molar-refractivity contribution in [2.75, 3.05) is 33.9 Å². The number of nitrogens with zero attached hydrogens (tertiary/aromatic N) is 1. The van der Waals surface area contributed by atoms with Gasteiger partial charge in [-0.25, -0.2) is 4.79 Å². The summed E-state index contributed by atoms with van der Waals surface area (Å²) >= 11 is 0. The average molecular weight is 442 g/mol. The molecule has 0 spiro atoms. The summed E-state index contributed by atoms with van der Waals surface area (Å²) in [5.74, 6) is 1.99. The van der Waals surface area contributed by atoms with Gasteiger partial charge in [-0.05, 0) is 61.2 Å². The fraction of sp³-hybridized carbons (Fsp3) is 0.480. The highest BCUT2D eigenvalue weighted by molar-refractivity contribution is 5.73. The molecular formula is C25H35N3O4. The molecule has 32 heavy (non-hydrogen) atoms. The number of ether oxygens (including phenoxy) is 2. The standard InChI is InChI=1S/C25H35N3O4/c1-18-10-12-28(13-11-18)17-20-6-4-19(5-7-20)15-26-25(30)27-16-23(29)22-14-21(31-2)8-9-24(22)32-3/h4-9,14,18,23,29H,10-13,15-17H2,1-3H3,(H2,26,27,30)/t23-/m1/s1. The molecule has 0 saturated carbocycles. The van der Waals surface area contributed by atoms with Crippen LogP contribution in [0.4, 0.5) is 4.79 Å². The number of rotatable bonds is 9.